The Morgan fingerprint density at radius 3 is 1.23 bits per heavy atom. The summed E-state index contributed by atoms with van der Waals surface area (Å²) in [5.41, 5.74) is 0.431. The fourth-order valence-corrected chi connectivity index (χ4v) is 1.45. The zero-order valence-electron chi connectivity index (χ0n) is 20.3. The van der Waals surface area contributed by atoms with Crippen LogP contribution >= 0.6 is 0 Å². The van der Waals surface area contributed by atoms with E-state index in [-0.39, 0.29) is 98.1 Å². The number of rotatable bonds is 7. The van der Waals surface area contributed by atoms with Crippen molar-refractivity contribution in [1.29, 1.82) is 0 Å². The molecule has 3 radical (unpaired) electrons. The maximum Gasteiger partial charge on any atom is 0 e. The van der Waals surface area contributed by atoms with E-state index in [4.69, 9.17) is 0 Å². The van der Waals surface area contributed by atoms with Crippen LogP contribution in [0.4, 0.5) is 0 Å². The van der Waals surface area contributed by atoms with Gasteiger partial charge in [0.25, 0.3) is 0 Å². The van der Waals surface area contributed by atoms with Crippen molar-refractivity contribution in [3.05, 3.63) is 19.8 Å². The second kappa shape index (κ2) is 26.3. The molecule has 0 spiro atoms. The van der Waals surface area contributed by atoms with Crippen molar-refractivity contribution in [3.63, 3.8) is 0 Å². The van der Waals surface area contributed by atoms with Crippen molar-refractivity contribution in [2.45, 2.75) is 102 Å². The maximum atomic E-state index is 3.98. The average molecular weight is 592 g/mol. The number of hydrogen-bond donors (Lipinski definition) is 0. The Morgan fingerprint density at radius 2 is 1.19 bits per heavy atom. The molecule has 26 heavy (non-hydrogen) atoms. The Kier molecular flexibility index (Phi) is 43.8. The molecular formula is C23H49Y3-3. The molecule has 0 heterocycles. The van der Waals surface area contributed by atoms with Gasteiger partial charge >= 0.3 is 0 Å². The summed E-state index contributed by atoms with van der Waals surface area (Å²) in [5, 5.41) is 0. The molecular weight excluding hydrogens is 543 g/mol. The van der Waals surface area contributed by atoms with E-state index in [0.29, 0.717) is 17.3 Å². The predicted molar refractivity (Wildman–Crippen MR) is 111 cm³/mol. The van der Waals surface area contributed by atoms with E-state index in [9.17, 15) is 0 Å². The summed E-state index contributed by atoms with van der Waals surface area (Å²) in [6, 6.07) is 0. The quantitative estimate of drug-likeness (QED) is 0.261. The van der Waals surface area contributed by atoms with Crippen molar-refractivity contribution in [3.8, 4) is 0 Å². The molecule has 4 atom stereocenters. The van der Waals surface area contributed by atoms with Gasteiger partial charge < -0.3 is 19.8 Å². The third-order valence-corrected chi connectivity index (χ3v) is 5.87. The van der Waals surface area contributed by atoms with Crippen molar-refractivity contribution < 1.29 is 98.1 Å². The monoisotopic (exact) mass is 592 g/mol. The average Bonchev–Trinajstić information content (AvgIpc) is 2.53. The first-order valence-corrected chi connectivity index (χ1v) is 9.89. The fraction of sp³-hybridized carbons (Fsp3) is 0.870. The first-order valence-electron chi connectivity index (χ1n) is 9.89. The molecule has 0 fully saturated rings. The Morgan fingerprint density at radius 1 is 0.808 bits per heavy atom. The van der Waals surface area contributed by atoms with Crippen LogP contribution in [0.2, 0.25) is 0 Å². The van der Waals surface area contributed by atoms with Crippen LogP contribution in [-0.4, -0.2) is 0 Å². The van der Waals surface area contributed by atoms with Gasteiger partial charge in [0.2, 0.25) is 0 Å². The van der Waals surface area contributed by atoms with E-state index < -0.39 is 0 Å². The molecule has 0 aliphatic carbocycles. The van der Waals surface area contributed by atoms with Gasteiger partial charge in [0.15, 0.2) is 0 Å². The zero-order chi connectivity index (χ0) is 19.2. The first-order chi connectivity index (χ1) is 10.4. The van der Waals surface area contributed by atoms with E-state index in [1.54, 1.807) is 5.92 Å². The molecule has 0 bridgehead atoms. The smallest absolute Gasteiger partial charge is 0 e. The van der Waals surface area contributed by atoms with Crippen LogP contribution in [0.1, 0.15) is 102 Å². The summed E-state index contributed by atoms with van der Waals surface area (Å²) in [6.45, 7) is 32.4. The third kappa shape index (κ3) is 27.3. The second-order valence-corrected chi connectivity index (χ2v) is 8.12. The first kappa shape index (κ1) is 43.2. The summed E-state index contributed by atoms with van der Waals surface area (Å²) in [7, 11) is 0. The van der Waals surface area contributed by atoms with E-state index in [1.807, 2.05) is 0 Å². The molecule has 0 rings (SSSR count). The molecule has 0 aromatic heterocycles. The summed E-state index contributed by atoms with van der Waals surface area (Å²) in [4.78, 5) is 0. The molecule has 0 amide bonds. The topological polar surface area (TPSA) is 0 Å². The third-order valence-electron chi connectivity index (χ3n) is 5.87. The van der Waals surface area contributed by atoms with Gasteiger partial charge in [-0.25, -0.2) is 0 Å². The minimum Gasteiger partial charge on any atom is -0.340 e. The van der Waals surface area contributed by atoms with Gasteiger partial charge in [-0.3, -0.25) is 0 Å². The Hall–Kier alpha value is 3.31. The van der Waals surface area contributed by atoms with Crippen LogP contribution in [0.15, 0.2) is 0 Å². The molecule has 0 saturated carbocycles. The van der Waals surface area contributed by atoms with Crippen LogP contribution in [0.25, 0.3) is 0 Å². The molecule has 0 nitrogen and oxygen atoms in total. The van der Waals surface area contributed by atoms with Gasteiger partial charge in [-0.15, -0.1) is 0 Å². The van der Waals surface area contributed by atoms with Crippen molar-refractivity contribution in [1.82, 2.24) is 0 Å². The standard InChI is InChI=1S/2C8H17.C7H15.3Y/c1-6-8(4,5)7(2)3;1-5-7(3)8(4)6-2;1-5-7(4)6(2)3;;;/h7H,2,6H2,1,3-5H3;7H,5-6H2,1-4H3;6-7H,2,5H2,1,3-4H3;;;/q3*-1;;;. The zero-order valence-corrected chi connectivity index (χ0v) is 28.8. The van der Waals surface area contributed by atoms with E-state index in [2.05, 4.69) is 90.0 Å². The van der Waals surface area contributed by atoms with Gasteiger partial charge in [-0.1, -0.05) is 99.8 Å². The fourth-order valence-electron chi connectivity index (χ4n) is 1.45. The summed E-state index contributed by atoms with van der Waals surface area (Å²) in [6.07, 6.45) is 5.01. The molecule has 0 aromatic rings. The largest absolute Gasteiger partial charge is 0.340 e. The minimum atomic E-state index is 0. The van der Waals surface area contributed by atoms with Gasteiger partial charge in [-0.05, 0) is 0 Å². The Balaban J connectivity index is -0.0000000547. The van der Waals surface area contributed by atoms with Crippen LogP contribution < -0.4 is 0 Å². The molecule has 4 unspecified atom stereocenters. The summed E-state index contributed by atoms with van der Waals surface area (Å²) >= 11 is 0. The van der Waals surface area contributed by atoms with Crippen LogP contribution in [-0.2, 0) is 98.1 Å². The van der Waals surface area contributed by atoms with Gasteiger partial charge in [0.1, 0.15) is 0 Å². The van der Waals surface area contributed by atoms with Crippen molar-refractivity contribution in [2.24, 2.45) is 29.1 Å². The molecule has 3 heteroatoms. The molecule has 0 aromatic carbocycles. The van der Waals surface area contributed by atoms with Crippen LogP contribution in [0.5, 0.6) is 0 Å². The molecule has 0 saturated heterocycles. The van der Waals surface area contributed by atoms with E-state index >= 15 is 0 Å². The van der Waals surface area contributed by atoms with E-state index in [0.717, 1.165) is 11.8 Å². The van der Waals surface area contributed by atoms with E-state index in [1.165, 1.54) is 25.7 Å². The second-order valence-electron chi connectivity index (χ2n) is 8.12. The maximum absolute atomic E-state index is 3.98. The van der Waals surface area contributed by atoms with Gasteiger partial charge in [0.05, 0.1) is 0 Å². The Labute approximate surface area is 245 Å². The molecule has 0 aliphatic heterocycles. The van der Waals surface area contributed by atoms with Crippen LogP contribution in [0.3, 0.4) is 0 Å². The summed E-state index contributed by atoms with van der Waals surface area (Å²) in [5.74, 6) is 4.44. The SMILES string of the molecule is CC[C-](C)C(C)CC.[CH2-]C(C)C(C)(C)CC.[CH2-]C(C)C(C)CC.[Y].[Y].[Y]. The predicted octanol–water partition coefficient (Wildman–Crippen LogP) is 8.42. The van der Waals surface area contributed by atoms with Crippen LogP contribution in [0, 0.1) is 48.9 Å². The minimum absolute atomic E-state index is 0. The van der Waals surface area contributed by atoms with Crippen molar-refractivity contribution >= 4 is 0 Å². The van der Waals surface area contributed by atoms with Crippen molar-refractivity contribution in [2.75, 3.05) is 0 Å². The summed E-state index contributed by atoms with van der Waals surface area (Å²) < 4.78 is 0. The van der Waals surface area contributed by atoms with Gasteiger partial charge in [0, 0.05) is 98.1 Å². The normalized spacial score (nSPS) is 14.5. The Bertz CT molecular complexity index is 230. The number of hydrogen-bond acceptors (Lipinski definition) is 0. The molecule has 0 N–H and O–H groups in total. The molecule has 0 aliphatic rings. The van der Waals surface area contributed by atoms with Gasteiger partial charge in [-0.2, -0.15) is 31.1 Å². The molecule has 153 valence electrons.